The Bertz CT molecular complexity index is 1170. The van der Waals surface area contributed by atoms with Crippen LogP contribution in [0.3, 0.4) is 0 Å². The van der Waals surface area contributed by atoms with Crippen LogP contribution in [0.1, 0.15) is 22.5 Å². The summed E-state index contributed by atoms with van der Waals surface area (Å²) in [4.78, 5) is 36.9. The lowest BCUT2D eigenvalue weighted by atomic mass is 9.95. The monoisotopic (exact) mass is 436 g/mol. The number of hydrogen-bond donors (Lipinski definition) is 2. The van der Waals surface area contributed by atoms with Crippen molar-refractivity contribution < 1.29 is 9.59 Å². The number of likely N-dealkylation sites (tertiary alicyclic amines) is 1. The summed E-state index contributed by atoms with van der Waals surface area (Å²) in [5.41, 5.74) is 2.52. The van der Waals surface area contributed by atoms with E-state index >= 15 is 0 Å². The Balaban J connectivity index is 1.22. The Morgan fingerprint density at radius 1 is 1.07 bits per heavy atom. The zero-order valence-corrected chi connectivity index (χ0v) is 17.8. The van der Waals surface area contributed by atoms with E-state index in [0.717, 1.165) is 32.3 Å². The average molecular weight is 437 g/mol. The molecule has 0 unspecified atom stereocenters. The number of amides is 2. The van der Waals surface area contributed by atoms with E-state index in [4.69, 9.17) is 0 Å². The Hall–Kier alpha value is -2.97. The van der Waals surface area contributed by atoms with Gasteiger partial charge in [-0.3, -0.25) is 9.59 Å². The first-order valence-corrected chi connectivity index (χ1v) is 11.6. The van der Waals surface area contributed by atoms with Crippen LogP contribution in [-0.2, 0) is 4.79 Å². The summed E-state index contributed by atoms with van der Waals surface area (Å²) < 4.78 is 0. The van der Waals surface area contributed by atoms with E-state index in [-0.39, 0.29) is 17.7 Å². The second kappa shape index (κ2) is 8.04. The van der Waals surface area contributed by atoms with Crippen LogP contribution in [0.25, 0.3) is 21.7 Å². The van der Waals surface area contributed by atoms with E-state index in [1.165, 1.54) is 11.3 Å². The summed E-state index contributed by atoms with van der Waals surface area (Å²) in [7, 11) is 0. The van der Waals surface area contributed by atoms with Crippen molar-refractivity contribution in [2.24, 2.45) is 5.92 Å². The molecule has 1 saturated heterocycles. The van der Waals surface area contributed by atoms with Gasteiger partial charge in [0.05, 0.1) is 20.8 Å². The Morgan fingerprint density at radius 3 is 2.60 bits per heavy atom. The van der Waals surface area contributed by atoms with Crippen LogP contribution in [0.4, 0.5) is 5.69 Å². The number of nitrogens with zero attached hydrogens (tertiary/aromatic N) is 2. The molecule has 4 heterocycles. The Morgan fingerprint density at radius 2 is 1.87 bits per heavy atom. The standard InChI is InChI=1S/C22H20N4O2S2/c27-21(14-7-9-26(10-8-14)22(28)19-4-2-12-30-19)23-15-5-6-16-17(13-15)25-20(24-16)18-3-1-11-29-18/h1-6,11-14H,7-10H2,(H,23,27)(H,24,25). The molecule has 2 amide bonds. The van der Waals surface area contributed by atoms with Crippen LogP contribution >= 0.6 is 22.7 Å². The van der Waals surface area contributed by atoms with Crippen LogP contribution in [0.5, 0.6) is 0 Å². The second-order valence-electron chi connectivity index (χ2n) is 7.33. The largest absolute Gasteiger partial charge is 0.338 e. The first-order valence-electron chi connectivity index (χ1n) is 9.85. The van der Waals surface area contributed by atoms with Gasteiger partial charge in [-0.2, -0.15) is 0 Å². The number of benzene rings is 1. The number of piperidine rings is 1. The maximum absolute atomic E-state index is 12.8. The van der Waals surface area contributed by atoms with Gasteiger partial charge in [-0.15, -0.1) is 22.7 Å². The molecule has 152 valence electrons. The van der Waals surface area contributed by atoms with Crippen molar-refractivity contribution >= 4 is 51.2 Å². The zero-order chi connectivity index (χ0) is 20.5. The van der Waals surface area contributed by atoms with Crippen molar-refractivity contribution in [1.82, 2.24) is 14.9 Å². The van der Waals surface area contributed by atoms with Crippen molar-refractivity contribution in [2.75, 3.05) is 18.4 Å². The van der Waals surface area contributed by atoms with Gasteiger partial charge < -0.3 is 15.2 Å². The Kier molecular flexibility index (Phi) is 5.10. The van der Waals surface area contributed by atoms with E-state index in [1.807, 2.05) is 58.1 Å². The predicted molar refractivity (Wildman–Crippen MR) is 121 cm³/mol. The van der Waals surface area contributed by atoms with Crippen LogP contribution in [0.2, 0.25) is 0 Å². The number of carbonyl (C=O) groups is 2. The summed E-state index contributed by atoms with van der Waals surface area (Å²) in [6, 6.07) is 13.5. The minimum absolute atomic E-state index is 0.00979. The first kappa shape index (κ1) is 19.0. The van der Waals surface area contributed by atoms with E-state index < -0.39 is 0 Å². The van der Waals surface area contributed by atoms with Gasteiger partial charge in [-0.25, -0.2) is 4.98 Å². The highest BCUT2D eigenvalue weighted by Crippen LogP contribution is 2.27. The molecule has 8 heteroatoms. The summed E-state index contributed by atoms with van der Waals surface area (Å²) in [5, 5.41) is 6.97. The van der Waals surface area contributed by atoms with Crippen molar-refractivity contribution in [3.05, 3.63) is 58.1 Å². The van der Waals surface area contributed by atoms with Gasteiger partial charge in [0.15, 0.2) is 0 Å². The summed E-state index contributed by atoms with van der Waals surface area (Å²) in [5.74, 6) is 0.827. The number of H-pyrrole nitrogens is 1. The fourth-order valence-electron chi connectivity index (χ4n) is 3.76. The quantitative estimate of drug-likeness (QED) is 0.480. The molecule has 30 heavy (non-hydrogen) atoms. The number of imidazole rings is 1. The lowest BCUT2D eigenvalue weighted by Crippen LogP contribution is -2.41. The van der Waals surface area contributed by atoms with E-state index in [0.29, 0.717) is 25.9 Å². The van der Waals surface area contributed by atoms with Gasteiger partial charge in [0, 0.05) is 24.7 Å². The smallest absolute Gasteiger partial charge is 0.263 e. The minimum atomic E-state index is -0.0865. The third-order valence-electron chi connectivity index (χ3n) is 5.39. The van der Waals surface area contributed by atoms with Crippen LogP contribution < -0.4 is 5.32 Å². The molecule has 0 aliphatic carbocycles. The third kappa shape index (κ3) is 3.76. The molecule has 4 aromatic rings. The van der Waals surface area contributed by atoms with Crippen LogP contribution in [-0.4, -0.2) is 39.8 Å². The van der Waals surface area contributed by atoms with Crippen molar-refractivity contribution in [3.8, 4) is 10.7 Å². The molecule has 1 aliphatic heterocycles. The number of fused-ring (bicyclic) bond motifs is 1. The molecular formula is C22H20N4O2S2. The van der Waals surface area contributed by atoms with Gasteiger partial charge in [0.25, 0.3) is 5.91 Å². The van der Waals surface area contributed by atoms with Gasteiger partial charge in [-0.05, 0) is 53.9 Å². The van der Waals surface area contributed by atoms with Gasteiger partial charge in [0.2, 0.25) is 5.91 Å². The number of aromatic nitrogens is 2. The van der Waals surface area contributed by atoms with Gasteiger partial charge in [-0.1, -0.05) is 12.1 Å². The predicted octanol–water partition coefficient (Wildman–Crippen LogP) is 4.84. The fraction of sp³-hybridized carbons (Fsp3) is 0.227. The summed E-state index contributed by atoms with van der Waals surface area (Å²) in [6.45, 7) is 1.22. The molecule has 0 saturated carbocycles. The maximum atomic E-state index is 12.8. The van der Waals surface area contributed by atoms with Crippen LogP contribution in [0.15, 0.2) is 53.2 Å². The highest BCUT2D eigenvalue weighted by Gasteiger charge is 2.28. The maximum Gasteiger partial charge on any atom is 0.263 e. The minimum Gasteiger partial charge on any atom is -0.338 e. The molecule has 0 atom stereocenters. The molecule has 0 bridgehead atoms. The molecule has 5 rings (SSSR count). The number of thiophene rings is 2. The van der Waals surface area contributed by atoms with Crippen molar-refractivity contribution in [1.29, 1.82) is 0 Å². The normalized spacial score (nSPS) is 14.9. The summed E-state index contributed by atoms with van der Waals surface area (Å²) >= 11 is 3.09. The lowest BCUT2D eigenvalue weighted by molar-refractivity contribution is -0.121. The van der Waals surface area contributed by atoms with Gasteiger partial charge >= 0.3 is 0 Å². The summed E-state index contributed by atoms with van der Waals surface area (Å²) in [6.07, 6.45) is 1.36. The molecule has 1 aliphatic rings. The van der Waals surface area contributed by atoms with Crippen molar-refractivity contribution in [3.63, 3.8) is 0 Å². The number of aromatic amines is 1. The number of carbonyl (C=O) groups excluding carboxylic acids is 2. The van der Waals surface area contributed by atoms with E-state index in [9.17, 15) is 9.59 Å². The zero-order valence-electron chi connectivity index (χ0n) is 16.1. The highest BCUT2D eigenvalue weighted by molar-refractivity contribution is 7.13. The first-order chi connectivity index (χ1) is 14.7. The molecule has 0 spiro atoms. The number of anilines is 1. The second-order valence-corrected chi connectivity index (χ2v) is 9.22. The third-order valence-corrected chi connectivity index (χ3v) is 7.12. The molecule has 6 nitrogen and oxygen atoms in total. The number of hydrogen-bond acceptors (Lipinski definition) is 5. The fourth-order valence-corrected chi connectivity index (χ4v) is 5.12. The molecule has 2 N–H and O–H groups in total. The molecular weight excluding hydrogens is 416 g/mol. The molecule has 0 radical (unpaired) electrons. The van der Waals surface area contributed by atoms with Crippen LogP contribution in [0, 0.1) is 5.92 Å². The Labute approximate surface area is 181 Å². The topological polar surface area (TPSA) is 78.1 Å². The number of nitrogens with one attached hydrogen (secondary N) is 2. The molecule has 1 fully saturated rings. The van der Waals surface area contributed by atoms with E-state index in [1.54, 1.807) is 11.3 Å². The van der Waals surface area contributed by atoms with E-state index in [2.05, 4.69) is 15.3 Å². The SMILES string of the molecule is O=C(Nc1ccc2nc(-c3cccs3)[nH]c2c1)C1CCN(C(=O)c2cccs2)CC1. The lowest BCUT2D eigenvalue weighted by Gasteiger charge is -2.31. The number of rotatable bonds is 4. The molecule has 3 aromatic heterocycles. The molecule has 1 aromatic carbocycles. The van der Waals surface area contributed by atoms with Gasteiger partial charge in [0.1, 0.15) is 5.82 Å². The highest BCUT2D eigenvalue weighted by atomic mass is 32.1. The van der Waals surface area contributed by atoms with Crippen molar-refractivity contribution in [2.45, 2.75) is 12.8 Å². The average Bonchev–Trinajstić information content (AvgIpc) is 3.54.